The summed E-state index contributed by atoms with van der Waals surface area (Å²) in [5, 5.41) is 13.4. The van der Waals surface area contributed by atoms with Gasteiger partial charge < -0.3 is 10.0 Å². The van der Waals surface area contributed by atoms with Crippen molar-refractivity contribution in [2.75, 3.05) is 13.1 Å². The highest BCUT2D eigenvalue weighted by molar-refractivity contribution is 5.89. The van der Waals surface area contributed by atoms with Gasteiger partial charge in [0.25, 0.3) is 0 Å². The van der Waals surface area contributed by atoms with Gasteiger partial charge >= 0.3 is 5.97 Å². The number of aromatic nitrogens is 3. The molecule has 2 aromatic rings. The number of rotatable bonds is 5. The van der Waals surface area contributed by atoms with Gasteiger partial charge in [0.2, 0.25) is 5.91 Å². The van der Waals surface area contributed by atoms with Crippen LogP contribution in [0.15, 0.2) is 36.9 Å². The number of carboxylic acids is 1. The maximum Gasteiger partial charge on any atom is 0.335 e. The van der Waals surface area contributed by atoms with E-state index in [-0.39, 0.29) is 17.5 Å². The van der Waals surface area contributed by atoms with Gasteiger partial charge in [-0.2, -0.15) is 5.10 Å². The topological polar surface area (TPSA) is 88.3 Å². The number of carbonyl (C=O) groups excluding carboxylic acids is 1. The Balaban J connectivity index is 1.60. The van der Waals surface area contributed by atoms with Crippen LogP contribution in [0.2, 0.25) is 0 Å². The van der Waals surface area contributed by atoms with Gasteiger partial charge in [0, 0.05) is 19.5 Å². The number of amides is 1. The number of carboxylic acid groups (broad SMARTS) is 1. The molecule has 1 atom stereocenters. The molecule has 1 aliphatic rings. The third-order valence-corrected chi connectivity index (χ3v) is 4.42. The van der Waals surface area contributed by atoms with Crippen molar-refractivity contribution in [1.29, 1.82) is 0 Å². The molecule has 1 aromatic heterocycles. The number of hydrogen-bond donors (Lipinski definition) is 1. The quantitative estimate of drug-likeness (QED) is 0.904. The van der Waals surface area contributed by atoms with E-state index < -0.39 is 5.97 Å². The Bertz CT molecular complexity index is 714. The second-order valence-electron chi connectivity index (χ2n) is 5.97. The van der Waals surface area contributed by atoms with Crippen LogP contribution in [0.4, 0.5) is 0 Å². The highest BCUT2D eigenvalue weighted by atomic mass is 16.4. The van der Waals surface area contributed by atoms with Crippen LogP contribution in [0.1, 0.15) is 41.2 Å². The van der Waals surface area contributed by atoms with E-state index in [9.17, 15) is 14.7 Å². The number of hydrogen-bond acceptors (Lipinski definition) is 4. The maximum absolute atomic E-state index is 12.5. The zero-order valence-corrected chi connectivity index (χ0v) is 13.3. The number of aryl methyl sites for hydroxylation is 1. The molecule has 1 aliphatic heterocycles. The molecule has 0 aliphatic carbocycles. The Hall–Kier alpha value is -2.70. The molecule has 2 heterocycles. The van der Waals surface area contributed by atoms with E-state index in [1.165, 1.54) is 6.33 Å². The van der Waals surface area contributed by atoms with Crippen molar-refractivity contribution >= 4 is 11.9 Å². The number of likely N-dealkylation sites (tertiary alicyclic amines) is 1. The molecule has 126 valence electrons. The summed E-state index contributed by atoms with van der Waals surface area (Å²) in [6.07, 6.45) is 5.85. The highest BCUT2D eigenvalue weighted by Gasteiger charge is 2.25. The van der Waals surface area contributed by atoms with Gasteiger partial charge in [-0.05, 0) is 30.9 Å². The molecule has 7 heteroatoms. The molecule has 0 radical (unpaired) electrons. The average Bonchev–Trinajstić information content (AvgIpc) is 3.14. The average molecular weight is 328 g/mol. The lowest BCUT2D eigenvalue weighted by atomic mass is 10.0. The molecule has 0 bridgehead atoms. The minimum absolute atomic E-state index is 0.0556. The zero-order chi connectivity index (χ0) is 16.9. The van der Waals surface area contributed by atoms with Crippen molar-refractivity contribution in [3.05, 3.63) is 48.0 Å². The second kappa shape index (κ2) is 7.25. The summed E-state index contributed by atoms with van der Waals surface area (Å²) in [6, 6.07) is 7.00. The first-order valence-electron chi connectivity index (χ1n) is 8.08. The van der Waals surface area contributed by atoms with Crippen LogP contribution in [0.25, 0.3) is 0 Å². The van der Waals surface area contributed by atoms with Crippen LogP contribution in [0.5, 0.6) is 0 Å². The molecule has 1 aromatic carbocycles. The Morgan fingerprint density at radius 2 is 2.12 bits per heavy atom. The van der Waals surface area contributed by atoms with Crippen molar-refractivity contribution in [1.82, 2.24) is 19.7 Å². The first-order valence-corrected chi connectivity index (χ1v) is 8.08. The third-order valence-electron chi connectivity index (χ3n) is 4.42. The molecule has 1 fully saturated rings. The molecule has 0 spiro atoms. The largest absolute Gasteiger partial charge is 0.478 e. The van der Waals surface area contributed by atoms with E-state index in [0.717, 1.165) is 19.4 Å². The van der Waals surface area contributed by atoms with E-state index in [1.54, 1.807) is 35.3 Å². The molecule has 3 rings (SSSR count). The Morgan fingerprint density at radius 1 is 1.29 bits per heavy atom. The molecule has 7 nitrogen and oxygen atoms in total. The predicted molar refractivity (Wildman–Crippen MR) is 86.6 cm³/mol. The van der Waals surface area contributed by atoms with Crippen LogP contribution in [0.3, 0.4) is 0 Å². The normalized spacial score (nSPS) is 17.7. The third kappa shape index (κ3) is 3.61. The van der Waals surface area contributed by atoms with Gasteiger partial charge in [0.15, 0.2) is 0 Å². The highest BCUT2D eigenvalue weighted by Crippen LogP contribution is 2.21. The number of nitrogens with zero attached hydrogens (tertiary/aromatic N) is 4. The van der Waals surface area contributed by atoms with E-state index in [0.29, 0.717) is 24.9 Å². The van der Waals surface area contributed by atoms with E-state index >= 15 is 0 Å². The molecule has 1 unspecified atom stereocenters. The minimum Gasteiger partial charge on any atom is -0.478 e. The summed E-state index contributed by atoms with van der Waals surface area (Å²) in [5.41, 5.74) is 0.965. The molecular formula is C17H20N4O3. The van der Waals surface area contributed by atoms with Crippen molar-refractivity contribution in [2.45, 2.75) is 31.7 Å². The fourth-order valence-electron chi connectivity index (χ4n) is 3.15. The van der Waals surface area contributed by atoms with Gasteiger partial charge in [-0.25, -0.2) is 14.5 Å². The first kappa shape index (κ1) is 16.2. The van der Waals surface area contributed by atoms with E-state index in [1.807, 2.05) is 4.90 Å². The lowest BCUT2D eigenvalue weighted by molar-refractivity contribution is -0.132. The van der Waals surface area contributed by atoms with Gasteiger partial charge in [-0.3, -0.25) is 4.79 Å². The summed E-state index contributed by atoms with van der Waals surface area (Å²) in [7, 11) is 0. The van der Waals surface area contributed by atoms with Crippen LogP contribution in [-0.2, 0) is 11.2 Å². The van der Waals surface area contributed by atoms with Crippen LogP contribution in [-0.4, -0.2) is 49.7 Å². The predicted octanol–water partition coefficient (Wildman–Crippen LogP) is 1.77. The Morgan fingerprint density at radius 3 is 2.88 bits per heavy atom. The molecule has 24 heavy (non-hydrogen) atoms. The first-order chi connectivity index (χ1) is 11.6. The van der Waals surface area contributed by atoms with Crippen molar-refractivity contribution < 1.29 is 14.7 Å². The molecule has 0 saturated carbocycles. The lowest BCUT2D eigenvalue weighted by Gasteiger charge is -2.32. The lowest BCUT2D eigenvalue weighted by Crippen LogP contribution is -2.41. The van der Waals surface area contributed by atoms with Crippen LogP contribution in [0, 0.1) is 0 Å². The molecule has 1 amide bonds. The monoisotopic (exact) mass is 328 g/mol. The number of piperidine rings is 1. The smallest absolute Gasteiger partial charge is 0.335 e. The summed E-state index contributed by atoms with van der Waals surface area (Å²) < 4.78 is 1.80. The second-order valence-corrected chi connectivity index (χ2v) is 5.97. The maximum atomic E-state index is 12.5. The fraction of sp³-hybridized carbons (Fsp3) is 0.412. The van der Waals surface area contributed by atoms with E-state index in [2.05, 4.69) is 10.1 Å². The summed E-state index contributed by atoms with van der Waals surface area (Å²) >= 11 is 0. The SMILES string of the molecule is O=C(O)c1ccccc1CCC(=O)N1CCCC(n2cncn2)C1. The van der Waals surface area contributed by atoms with Gasteiger partial charge in [0.05, 0.1) is 11.6 Å². The minimum atomic E-state index is -0.956. The van der Waals surface area contributed by atoms with Gasteiger partial charge in [-0.15, -0.1) is 0 Å². The molecule has 1 saturated heterocycles. The fourth-order valence-corrected chi connectivity index (χ4v) is 3.15. The number of benzene rings is 1. The van der Waals surface area contributed by atoms with Crippen molar-refractivity contribution in [2.24, 2.45) is 0 Å². The number of carbonyl (C=O) groups is 2. The number of aromatic carboxylic acids is 1. The zero-order valence-electron chi connectivity index (χ0n) is 13.3. The van der Waals surface area contributed by atoms with Gasteiger partial charge in [-0.1, -0.05) is 18.2 Å². The van der Waals surface area contributed by atoms with Crippen molar-refractivity contribution in [3.8, 4) is 0 Å². The summed E-state index contributed by atoms with van der Waals surface area (Å²) in [4.78, 5) is 29.5. The molecular weight excluding hydrogens is 308 g/mol. The molecule has 1 N–H and O–H groups in total. The van der Waals surface area contributed by atoms with Crippen molar-refractivity contribution in [3.63, 3.8) is 0 Å². The van der Waals surface area contributed by atoms with E-state index in [4.69, 9.17) is 0 Å². The Kier molecular flexibility index (Phi) is 4.88. The Labute approximate surface area is 139 Å². The van der Waals surface area contributed by atoms with Crippen LogP contribution < -0.4 is 0 Å². The van der Waals surface area contributed by atoms with Gasteiger partial charge in [0.1, 0.15) is 12.7 Å². The summed E-state index contributed by atoms with van der Waals surface area (Å²) in [5.74, 6) is -0.901. The van der Waals surface area contributed by atoms with Crippen LogP contribution >= 0.6 is 0 Å². The standard InChI is InChI=1S/C17H20N4O3/c22-16(8-7-13-4-1-2-6-15(13)17(23)24)20-9-3-5-14(10-20)21-12-18-11-19-21/h1-2,4,6,11-12,14H,3,5,7-10H2,(H,23,24). The summed E-state index contributed by atoms with van der Waals surface area (Å²) in [6.45, 7) is 1.37.